The number of rotatable bonds is 2. The van der Waals surface area contributed by atoms with Crippen LogP contribution in [-0.2, 0) is 0 Å². The fourth-order valence-corrected chi connectivity index (χ4v) is 3.83. The second-order valence-corrected chi connectivity index (χ2v) is 6.05. The van der Waals surface area contributed by atoms with Crippen LogP contribution in [0.5, 0.6) is 0 Å². The second kappa shape index (κ2) is 5.23. The number of allylic oxidation sites excluding steroid dienone is 2. The topological polar surface area (TPSA) is 52.2 Å². The lowest BCUT2D eigenvalue weighted by Crippen LogP contribution is -2.32. The molecule has 0 saturated carbocycles. The number of anilines is 1. The van der Waals surface area contributed by atoms with Gasteiger partial charge in [-0.15, -0.1) is 0 Å². The SMILES string of the molecule is O=C([O-])c1cccc2c1N[C@@H](c1ccccc1F)[C@H]1CC=C[C@H]21. The van der Waals surface area contributed by atoms with E-state index in [4.69, 9.17) is 0 Å². The third-order valence-electron chi connectivity index (χ3n) is 4.86. The Labute approximate surface area is 133 Å². The summed E-state index contributed by atoms with van der Waals surface area (Å²) in [5.41, 5.74) is 2.19. The lowest BCUT2D eigenvalue weighted by atomic mass is 9.76. The number of carbonyl (C=O) groups excluding carboxylic acids is 1. The van der Waals surface area contributed by atoms with E-state index in [0.29, 0.717) is 11.3 Å². The molecule has 0 amide bonds. The predicted molar refractivity (Wildman–Crippen MR) is 83.5 cm³/mol. The molecular formula is C19H15FNO2-. The Morgan fingerprint density at radius 1 is 1.13 bits per heavy atom. The first-order valence-corrected chi connectivity index (χ1v) is 7.68. The summed E-state index contributed by atoms with van der Waals surface area (Å²) in [5, 5.41) is 14.7. The number of carboxylic acids is 1. The third kappa shape index (κ3) is 2.13. The first kappa shape index (κ1) is 14.0. The van der Waals surface area contributed by atoms with Gasteiger partial charge in [-0.1, -0.05) is 48.6 Å². The Hall–Kier alpha value is -2.62. The molecule has 1 heterocycles. The average Bonchev–Trinajstić information content (AvgIpc) is 3.04. The van der Waals surface area contributed by atoms with E-state index < -0.39 is 5.97 Å². The average molecular weight is 308 g/mol. The Morgan fingerprint density at radius 2 is 1.91 bits per heavy atom. The number of halogens is 1. The summed E-state index contributed by atoms with van der Waals surface area (Å²) in [6.45, 7) is 0. The van der Waals surface area contributed by atoms with E-state index in [1.807, 2.05) is 6.07 Å². The zero-order chi connectivity index (χ0) is 16.0. The molecule has 1 N–H and O–H groups in total. The number of para-hydroxylation sites is 1. The number of nitrogens with one attached hydrogen (secondary N) is 1. The molecule has 2 aromatic rings. The Bertz CT molecular complexity index is 815. The quantitative estimate of drug-likeness (QED) is 0.868. The first-order chi connectivity index (χ1) is 11.2. The lowest BCUT2D eigenvalue weighted by Gasteiger charge is -2.38. The van der Waals surface area contributed by atoms with Crippen molar-refractivity contribution in [1.29, 1.82) is 0 Å². The van der Waals surface area contributed by atoms with Gasteiger partial charge in [0.05, 0.1) is 12.0 Å². The van der Waals surface area contributed by atoms with Gasteiger partial charge in [-0.25, -0.2) is 4.39 Å². The molecule has 2 aromatic carbocycles. The molecule has 0 bridgehead atoms. The molecule has 0 spiro atoms. The molecule has 2 aliphatic rings. The summed E-state index contributed by atoms with van der Waals surface area (Å²) in [4.78, 5) is 11.4. The minimum atomic E-state index is -1.22. The molecule has 3 nitrogen and oxygen atoms in total. The van der Waals surface area contributed by atoms with Crippen molar-refractivity contribution in [3.05, 3.63) is 77.1 Å². The van der Waals surface area contributed by atoms with Gasteiger partial charge in [0.2, 0.25) is 0 Å². The summed E-state index contributed by atoms with van der Waals surface area (Å²) in [6, 6.07) is 11.6. The summed E-state index contributed by atoms with van der Waals surface area (Å²) >= 11 is 0. The van der Waals surface area contributed by atoms with Crippen molar-refractivity contribution in [3.8, 4) is 0 Å². The fourth-order valence-electron chi connectivity index (χ4n) is 3.83. The summed E-state index contributed by atoms with van der Waals surface area (Å²) in [5.74, 6) is -1.22. The van der Waals surface area contributed by atoms with E-state index in [1.54, 1.807) is 24.3 Å². The van der Waals surface area contributed by atoms with Crippen molar-refractivity contribution in [2.75, 3.05) is 5.32 Å². The first-order valence-electron chi connectivity index (χ1n) is 7.68. The molecule has 23 heavy (non-hydrogen) atoms. The molecule has 0 fully saturated rings. The van der Waals surface area contributed by atoms with E-state index in [9.17, 15) is 14.3 Å². The maximum absolute atomic E-state index is 14.3. The van der Waals surface area contributed by atoms with Crippen LogP contribution in [0.15, 0.2) is 54.6 Å². The van der Waals surface area contributed by atoms with Gasteiger partial charge in [0.1, 0.15) is 5.82 Å². The summed E-state index contributed by atoms with van der Waals surface area (Å²) in [7, 11) is 0. The van der Waals surface area contributed by atoms with Crippen LogP contribution in [0, 0.1) is 11.7 Å². The highest BCUT2D eigenvalue weighted by Crippen LogP contribution is 2.50. The maximum Gasteiger partial charge on any atom is 0.128 e. The second-order valence-electron chi connectivity index (χ2n) is 6.05. The van der Waals surface area contributed by atoms with Gasteiger partial charge in [-0.2, -0.15) is 0 Å². The van der Waals surface area contributed by atoms with Gasteiger partial charge in [0.15, 0.2) is 0 Å². The van der Waals surface area contributed by atoms with E-state index in [0.717, 1.165) is 12.0 Å². The molecule has 0 aromatic heterocycles. The number of hydrogen-bond donors (Lipinski definition) is 1. The number of benzene rings is 2. The molecular weight excluding hydrogens is 293 g/mol. The fraction of sp³-hybridized carbons (Fsp3) is 0.211. The van der Waals surface area contributed by atoms with Crippen LogP contribution in [0.1, 0.15) is 39.9 Å². The minimum absolute atomic E-state index is 0.0927. The number of carboxylic acid groups (broad SMARTS) is 1. The molecule has 0 saturated heterocycles. The number of aromatic carboxylic acids is 1. The van der Waals surface area contributed by atoms with Gasteiger partial charge in [0, 0.05) is 22.7 Å². The van der Waals surface area contributed by atoms with E-state index in [1.165, 1.54) is 12.1 Å². The van der Waals surface area contributed by atoms with Crippen LogP contribution in [0.25, 0.3) is 0 Å². The highest BCUT2D eigenvalue weighted by molar-refractivity contribution is 5.94. The van der Waals surface area contributed by atoms with E-state index >= 15 is 0 Å². The predicted octanol–water partition coefficient (Wildman–Crippen LogP) is 3.02. The highest BCUT2D eigenvalue weighted by atomic mass is 19.1. The largest absolute Gasteiger partial charge is 0.545 e. The van der Waals surface area contributed by atoms with Crippen LogP contribution < -0.4 is 10.4 Å². The van der Waals surface area contributed by atoms with Crippen molar-refractivity contribution >= 4 is 11.7 Å². The van der Waals surface area contributed by atoms with Crippen molar-refractivity contribution in [2.24, 2.45) is 5.92 Å². The Balaban J connectivity index is 1.87. The number of carbonyl (C=O) groups is 1. The monoisotopic (exact) mass is 308 g/mol. The Kier molecular flexibility index (Phi) is 3.18. The van der Waals surface area contributed by atoms with Crippen molar-refractivity contribution in [2.45, 2.75) is 18.4 Å². The zero-order valence-corrected chi connectivity index (χ0v) is 12.3. The number of hydrogen-bond acceptors (Lipinski definition) is 3. The smallest absolute Gasteiger partial charge is 0.128 e. The molecule has 0 radical (unpaired) electrons. The zero-order valence-electron chi connectivity index (χ0n) is 12.3. The maximum atomic E-state index is 14.3. The van der Waals surface area contributed by atoms with E-state index in [2.05, 4.69) is 17.5 Å². The highest BCUT2D eigenvalue weighted by Gasteiger charge is 2.39. The van der Waals surface area contributed by atoms with Crippen LogP contribution in [-0.4, -0.2) is 5.97 Å². The standard InChI is InChI=1S/C19H16FNO2/c20-16-10-2-1-5-14(16)17-12-7-3-6-11(12)13-8-4-9-15(19(22)23)18(13)21-17/h1-6,8-12,17,21H,7H2,(H,22,23)/p-1/t11-,12-,17+/m0/s1. The van der Waals surface area contributed by atoms with Crippen molar-refractivity contribution in [3.63, 3.8) is 0 Å². The lowest BCUT2D eigenvalue weighted by molar-refractivity contribution is -0.254. The van der Waals surface area contributed by atoms with Crippen LogP contribution >= 0.6 is 0 Å². The Morgan fingerprint density at radius 3 is 2.70 bits per heavy atom. The van der Waals surface area contributed by atoms with Crippen LogP contribution in [0.2, 0.25) is 0 Å². The number of fused-ring (bicyclic) bond motifs is 3. The minimum Gasteiger partial charge on any atom is -0.545 e. The van der Waals surface area contributed by atoms with E-state index in [-0.39, 0.29) is 29.3 Å². The van der Waals surface area contributed by atoms with Gasteiger partial charge < -0.3 is 15.2 Å². The molecule has 1 aliphatic carbocycles. The van der Waals surface area contributed by atoms with Crippen LogP contribution in [0.3, 0.4) is 0 Å². The van der Waals surface area contributed by atoms with Crippen molar-refractivity contribution < 1.29 is 14.3 Å². The van der Waals surface area contributed by atoms with Gasteiger partial charge in [-0.05, 0) is 24.0 Å². The third-order valence-corrected chi connectivity index (χ3v) is 4.86. The summed E-state index contributed by atoms with van der Waals surface area (Å²) in [6.07, 6.45) is 5.02. The van der Waals surface area contributed by atoms with Crippen molar-refractivity contribution in [1.82, 2.24) is 0 Å². The molecule has 116 valence electrons. The summed E-state index contributed by atoms with van der Waals surface area (Å²) < 4.78 is 14.3. The molecule has 3 atom stereocenters. The molecule has 4 rings (SSSR count). The van der Waals surface area contributed by atoms with Gasteiger partial charge in [0.25, 0.3) is 0 Å². The van der Waals surface area contributed by atoms with Gasteiger partial charge >= 0.3 is 0 Å². The normalized spacial score (nSPS) is 24.7. The van der Waals surface area contributed by atoms with Gasteiger partial charge in [-0.3, -0.25) is 0 Å². The molecule has 0 unspecified atom stereocenters. The van der Waals surface area contributed by atoms with Crippen LogP contribution in [0.4, 0.5) is 10.1 Å². The molecule has 4 heteroatoms. The molecule has 1 aliphatic heterocycles.